The Bertz CT molecular complexity index is 677. The second-order valence-corrected chi connectivity index (χ2v) is 5.00. The van der Waals surface area contributed by atoms with Crippen molar-refractivity contribution in [3.63, 3.8) is 0 Å². The molecule has 0 fully saturated rings. The van der Waals surface area contributed by atoms with E-state index in [1.165, 1.54) is 30.9 Å². The molecule has 2 N–H and O–H groups in total. The molecule has 0 bridgehead atoms. The molecule has 0 saturated heterocycles. The number of hydrogen-bond donors (Lipinski definition) is 2. The number of nitrogens with one attached hydrogen (secondary N) is 2. The third-order valence-electron chi connectivity index (χ3n) is 3.25. The smallest absolute Gasteiger partial charge is 0.310 e. The highest BCUT2D eigenvalue weighted by Crippen LogP contribution is 2.15. The molecule has 0 aliphatic carbocycles. The van der Waals surface area contributed by atoms with Gasteiger partial charge in [0.05, 0.1) is 5.69 Å². The zero-order valence-electron chi connectivity index (χ0n) is 12.6. The number of ether oxygens (including phenoxy) is 1. The van der Waals surface area contributed by atoms with Gasteiger partial charge in [-0.05, 0) is 30.5 Å². The molecule has 0 atom stereocenters. The Morgan fingerprint density at radius 1 is 1.05 bits per heavy atom. The molecule has 22 heavy (non-hydrogen) atoms. The Kier molecular flexibility index (Phi) is 7.46. The number of aromatic amines is 2. The maximum absolute atomic E-state index is 11.2. The van der Waals surface area contributed by atoms with Crippen molar-refractivity contribution in [3.05, 3.63) is 62.2 Å². The van der Waals surface area contributed by atoms with Crippen LogP contribution in [0.3, 0.4) is 0 Å². The van der Waals surface area contributed by atoms with Gasteiger partial charge < -0.3 is 4.74 Å². The van der Waals surface area contributed by atoms with Gasteiger partial charge in [-0.25, -0.2) is 0 Å². The van der Waals surface area contributed by atoms with Gasteiger partial charge in [-0.15, -0.1) is 12.4 Å². The number of H-pyrrole nitrogens is 2. The van der Waals surface area contributed by atoms with E-state index in [9.17, 15) is 9.59 Å². The Labute approximate surface area is 135 Å². The lowest BCUT2D eigenvalue weighted by Crippen LogP contribution is -2.28. The molecule has 2 aromatic rings. The average Bonchev–Trinajstić information content (AvgIpc) is 2.50. The summed E-state index contributed by atoms with van der Waals surface area (Å²) in [5.41, 5.74) is 0.605. The number of aryl methyl sites for hydroxylation is 1. The number of benzene rings is 1. The number of hydrogen-bond acceptors (Lipinski definition) is 3. The summed E-state index contributed by atoms with van der Waals surface area (Å²) in [6.07, 6.45) is 4.76. The molecule has 0 saturated carbocycles. The minimum atomic E-state index is -0.657. The molecular formula is C16H21ClN2O3. The van der Waals surface area contributed by atoms with Gasteiger partial charge in [-0.2, -0.15) is 0 Å². The standard InChI is InChI=1S/C16H20N2O3.ClH/c1-2-3-4-5-12-6-8-14(9-7-12)21-11-13-10-15(19)16(20)18-17-13;/h6-10H,2-5,11H2,1H3,(H,17,19)(H,18,20);1H. The van der Waals surface area contributed by atoms with E-state index in [-0.39, 0.29) is 19.0 Å². The van der Waals surface area contributed by atoms with Crippen LogP contribution in [0.15, 0.2) is 39.9 Å². The van der Waals surface area contributed by atoms with E-state index >= 15 is 0 Å². The second-order valence-electron chi connectivity index (χ2n) is 5.00. The zero-order valence-corrected chi connectivity index (χ0v) is 13.4. The molecule has 1 aromatic carbocycles. The van der Waals surface area contributed by atoms with Gasteiger partial charge in [0, 0.05) is 6.07 Å². The van der Waals surface area contributed by atoms with Crippen LogP contribution in [0.1, 0.15) is 37.4 Å². The zero-order chi connectivity index (χ0) is 15.1. The maximum atomic E-state index is 11.2. The molecule has 120 valence electrons. The third-order valence-corrected chi connectivity index (χ3v) is 3.25. The first kappa shape index (κ1) is 18.0. The van der Waals surface area contributed by atoms with Gasteiger partial charge in [0.15, 0.2) is 0 Å². The molecule has 0 aliphatic rings. The van der Waals surface area contributed by atoms with E-state index in [0.29, 0.717) is 5.69 Å². The minimum Gasteiger partial charge on any atom is -0.487 e. The highest BCUT2D eigenvalue weighted by Gasteiger charge is 2.00. The Balaban J connectivity index is 0.00000242. The molecule has 2 rings (SSSR count). The molecule has 1 heterocycles. The normalized spacial score (nSPS) is 10.0. The fourth-order valence-corrected chi connectivity index (χ4v) is 2.03. The first-order valence-electron chi connectivity index (χ1n) is 7.21. The summed E-state index contributed by atoms with van der Waals surface area (Å²) in [7, 11) is 0. The van der Waals surface area contributed by atoms with Crippen LogP contribution in [0, 0.1) is 0 Å². The highest BCUT2D eigenvalue weighted by molar-refractivity contribution is 5.85. The second kappa shape index (κ2) is 9.10. The van der Waals surface area contributed by atoms with Gasteiger partial charge in [0.2, 0.25) is 5.43 Å². The van der Waals surface area contributed by atoms with Crippen molar-refractivity contribution in [1.29, 1.82) is 0 Å². The molecular weight excluding hydrogens is 304 g/mol. The van der Waals surface area contributed by atoms with Gasteiger partial charge in [-0.1, -0.05) is 31.9 Å². The average molecular weight is 325 g/mol. The fourth-order valence-electron chi connectivity index (χ4n) is 2.03. The Hall–Kier alpha value is -2.01. The van der Waals surface area contributed by atoms with Crippen LogP contribution < -0.4 is 15.7 Å². The van der Waals surface area contributed by atoms with Crippen LogP contribution in [0.4, 0.5) is 0 Å². The van der Waals surface area contributed by atoms with Gasteiger partial charge in [0.1, 0.15) is 12.4 Å². The van der Waals surface area contributed by atoms with Gasteiger partial charge >= 0.3 is 5.56 Å². The molecule has 0 aliphatic heterocycles. The summed E-state index contributed by atoms with van der Waals surface area (Å²) < 4.78 is 5.58. The van der Waals surface area contributed by atoms with Crippen molar-refractivity contribution in [1.82, 2.24) is 10.2 Å². The number of aromatic nitrogens is 2. The summed E-state index contributed by atoms with van der Waals surface area (Å²) in [6.45, 7) is 2.40. The molecule has 6 heteroatoms. The highest BCUT2D eigenvalue weighted by atomic mass is 35.5. The molecule has 5 nitrogen and oxygen atoms in total. The summed E-state index contributed by atoms with van der Waals surface area (Å²) in [4.78, 5) is 22.2. The predicted octanol–water partition coefficient (Wildman–Crippen LogP) is 2.80. The van der Waals surface area contributed by atoms with Crippen molar-refractivity contribution in [2.45, 2.75) is 39.2 Å². The van der Waals surface area contributed by atoms with E-state index in [1.807, 2.05) is 12.1 Å². The van der Waals surface area contributed by atoms with Crippen molar-refractivity contribution >= 4 is 12.4 Å². The van der Waals surface area contributed by atoms with Gasteiger partial charge in [-0.3, -0.25) is 19.8 Å². The minimum absolute atomic E-state index is 0. The molecule has 0 spiro atoms. The maximum Gasteiger partial charge on any atom is 0.310 e. The van der Waals surface area contributed by atoms with E-state index in [1.54, 1.807) is 0 Å². The predicted molar refractivity (Wildman–Crippen MR) is 88.9 cm³/mol. The summed E-state index contributed by atoms with van der Waals surface area (Å²) in [5.74, 6) is 0.737. The van der Waals surface area contributed by atoms with E-state index in [2.05, 4.69) is 29.3 Å². The lowest BCUT2D eigenvalue weighted by atomic mass is 10.1. The van der Waals surface area contributed by atoms with Crippen LogP contribution in [0.5, 0.6) is 5.75 Å². The van der Waals surface area contributed by atoms with Crippen LogP contribution in [0.2, 0.25) is 0 Å². The molecule has 1 aromatic heterocycles. The SMILES string of the molecule is CCCCCc1ccc(OCc2cc(=O)c(=O)[nH][nH]2)cc1.Cl. The first-order chi connectivity index (χ1) is 10.2. The molecule has 0 amide bonds. The summed E-state index contributed by atoms with van der Waals surface area (Å²) in [5, 5.41) is 4.90. The Morgan fingerprint density at radius 3 is 2.41 bits per heavy atom. The van der Waals surface area contributed by atoms with E-state index < -0.39 is 11.0 Å². The molecule has 0 unspecified atom stereocenters. The van der Waals surface area contributed by atoms with Crippen LogP contribution in [-0.2, 0) is 13.0 Å². The monoisotopic (exact) mass is 324 g/mol. The van der Waals surface area contributed by atoms with Crippen LogP contribution >= 0.6 is 12.4 Å². The van der Waals surface area contributed by atoms with Crippen molar-refractivity contribution in [2.75, 3.05) is 0 Å². The largest absolute Gasteiger partial charge is 0.487 e. The number of rotatable bonds is 7. The van der Waals surface area contributed by atoms with Crippen molar-refractivity contribution in [2.24, 2.45) is 0 Å². The van der Waals surface area contributed by atoms with E-state index in [4.69, 9.17) is 4.74 Å². The molecule has 0 radical (unpaired) electrons. The Morgan fingerprint density at radius 2 is 1.77 bits per heavy atom. The van der Waals surface area contributed by atoms with E-state index in [0.717, 1.165) is 12.2 Å². The summed E-state index contributed by atoms with van der Waals surface area (Å²) in [6, 6.07) is 9.20. The lowest BCUT2D eigenvalue weighted by molar-refractivity contribution is 0.299. The van der Waals surface area contributed by atoms with Crippen molar-refractivity contribution in [3.8, 4) is 5.75 Å². The lowest BCUT2D eigenvalue weighted by Gasteiger charge is -2.07. The van der Waals surface area contributed by atoms with Crippen LogP contribution in [-0.4, -0.2) is 10.2 Å². The quantitative estimate of drug-likeness (QED) is 0.607. The fraction of sp³-hybridized carbons (Fsp3) is 0.375. The van der Waals surface area contributed by atoms with Gasteiger partial charge in [0.25, 0.3) is 0 Å². The van der Waals surface area contributed by atoms with Crippen LogP contribution in [0.25, 0.3) is 0 Å². The summed E-state index contributed by atoms with van der Waals surface area (Å²) >= 11 is 0. The first-order valence-corrected chi connectivity index (χ1v) is 7.21. The third kappa shape index (κ3) is 5.41. The van der Waals surface area contributed by atoms with Crippen molar-refractivity contribution < 1.29 is 4.74 Å². The number of unbranched alkanes of at least 4 members (excludes halogenated alkanes) is 2. The number of halogens is 1. The topological polar surface area (TPSA) is 75.0 Å².